The number of piperidine rings is 1. The summed E-state index contributed by atoms with van der Waals surface area (Å²) in [4.78, 5) is 2.76. The second-order valence-corrected chi connectivity index (χ2v) is 8.26. The smallest absolute Gasteiger partial charge is 0.0206 e. The summed E-state index contributed by atoms with van der Waals surface area (Å²) in [6, 6.07) is 2.39. The van der Waals surface area contributed by atoms with Crippen molar-refractivity contribution in [1.29, 1.82) is 0 Å². The highest BCUT2D eigenvalue weighted by Crippen LogP contribution is 2.46. The van der Waals surface area contributed by atoms with E-state index in [1.165, 1.54) is 83.8 Å². The van der Waals surface area contributed by atoms with Crippen molar-refractivity contribution in [1.82, 2.24) is 9.47 Å². The zero-order chi connectivity index (χ0) is 15.0. The first-order chi connectivity index (χ1) is 10.8. The van der Waals surface area contributed by atoms with Gasteiger partial charge >= 0.3 is 0 Å². The van der Waals surface area contributed by atoms with Crippen LogP contribution in [-0.2, 0) is 13.5 Å². The minimum absolute atomic E-state index is 0.772. The Morgan fingerprint density at radius 1 is 1.09 bits per heavy atom. The fourth-order valence-electron chi connectivity index (χ4n) is 5.46. The zero-order valence-corrected chi connectivity index (χ0v) is 14.3. The van der Waals surface area contributed by atoms with Crippen molar-refractivity contribution >= 4 is 0 Å². The standard InChI is InChI=1S/C20H32N2/c1-21-13-8-18-17(5-4-6-19(18)21)7-14-22-15-11-20(12-16-22)9-2-3-10-20/h8,13,17H,2-7,9-12,14-16H2,1H3. The lowest BCUT2D eigenvalue weighted by Gasteiger charge is -2.40. The van der Waals surface area contributed by atoms with Gasteiger partial charge in [-0.25, -0.2) is 0 Å². The number of likely N-dealkylation sites (tertiary alicyclic amines) is 1. The summed E-state index contributed by atoms with van der Waals surface area (Å²) < 4.78 is 2.35. The second kappa shape index (κ2) is 6.03. The molecular weight excluding hydrogens is 268 g/mol. The number of nitrogens with zero attached hydrogens (tertiary/aromatic N) is 2. The van der Waals surface area contributed by atoms with Crippen LogP contribution in [0.15, 0.2) is 12.3 Å². The molecule has 0 bridgehead atoms. The predicted molar refractivity (Wildman–Crippen MR) is 92.3 cm³/mol. The third-order valence-electron chi connectivity index (χ3n) is 7.02. The molecule has 1 unspecified atom stereocenters. The quantitative estimate of drug-likeness (QED) is 0.798. The van der Waals surface area contributed by atoms with Gasteiger partial charge in [0.25, 0.3) is 0 Å². The molecule has 1 saturated heterocycles. The molecule has 0 N–H and O–H groups in total. The minimum atomic E-state index is 0.772. The molecule has 2 heteroatoms. The fraction of sp³-hybridized carbons (Fsp3) is 0.800. The van der Waals surface area contributed by atoms with Gasteiger partial charge in [0, 0.05) is 18.9 Å². The van der Waals surface area contributed by atoms with Gasteiger partial charge in [0.05, 0.1) is 0 Å². The number of fused-ring (bicyclic) bond motifs is 1. The van der Waals surface area contributed by atoms with Gasteiger partial charge in [0.15, 0.2) is 0 Å². The molecule has 4 rings (SSSR count). The Balaban J connectivity index is 1.31. The average molecular weight is 300 g/mol. The van der Waals surface area contributed by atoms with Crippen LogP contribution in [0.3, 0.4) is 0 Å². The molecule has 1 spiro atoms. The summed E-state index contributed by atoms with van der Waals surface area (Å²) in [5.74, 6) is 0.826. The van der Waals surface area contributed by atoms with Crippen LogP contribution in [-0.4, -0.2) is 29.1 Å². The molecule has 2 nitrogen and oxygen atoms in total. The molecule has 2 heterocycles. The van der Waals surface area contributed by atoms with Crippen LogP contribution in [0.2, 0.25) is 0 Å². The molecule has 1 aromatic heterocycles. The Kier molecular flexibility index (Phi) is 4.06. The van der Waals surface area contributed by atoms with Crippen LogP contribution < -0.4 is 0 Å². The number of hydrogen-bond donors (Lipinski definition) is 0. The van der Waals surface area contributed by atoms with Crippen molar-refractivity contribution in [2.24, 2.45) is 12.5 Å². The van der Waals surface area contributed by atoms with Gasteiger partial charge in [-0.1, -0.05) is 12.8 Å². The normalized spacial score (nSPS) is 28.1. The minimum Gasteiger partial charge on any atom is -0.354 e. The van der Waals surface area contributed by atoms with E-state index in [0.717, 1.165) is 11.3 Å². The molecule has 122 valence electrons. The van der Waals surface area contributed by atoms with Crippen LogP contribution in [0.4, 0.5) is 0 Å². The molecule has 1 aromatic rings. The van der Waals surface area contributed by atoms with Crippen molar-refractivity contribution in [2.45, 2.75) is 70.1 Å². The first-order valence-electron chi connectivity index (χ1n) is 9.62. The lowest BCUT2D eigenvalue weighted by Crippen LogP contribution is -2.39. The van der Waals surface area contributed by atoms with Gasteiger partial charge in [0.2, 0.25) is 0 Å². The summed E-state index contributed by atoms with van der Waals surface area (Å²) in [6.45, 7) is 4.07. The van der Waals surface area contributed by atoms with E-state index in [2.05, 4.69) is 28.8 Å². The Labute approximate surface area is 135 Å². The molecule has 2 aliphatic carbocycles. The number of rotatable bonds is 3. The Morgan fingerprint density at radius 3 is 2.64 bits per heavy atom. The van der Waals surface area contributed by atoms with Gasteiger partial charge in [-0.2, -0.15) is 0 Å². The van der Waals surface area contributed by atoms with Gasteiger partial charge in [0.1, 0.15) is 0 Å². The first-order valence-corrected chi connectivity index (χ1v) is 9.62. The molecule has 1 saturated carbocycles. The Hall–Kier alpha value is -0.760. The molecule has 1 aliphatic heterocycles. The molecular formula is C20H32N2. The largest absolute Gasteiger partial charge is 0.354 e. The third kappa shape index (κ3) is 2.75. The lowest BCUT2D eigenvalue weighted by atomic mass is 9.77. The molecule has 0 amide bonds. The summed E-state index contributed by atoms with van der Waals surface area (Å²) in [5, 5.41) is 0. The van der Waals surface area contributed by atoms with E-state index in [-0.39, 0.29) is 0 Å². The summed E-state index contributed by atoms with van der Waals surface area (Å²) >= 11 is 0. The summed E-state index contributed by atoms with van der Waals surface area (Å²) in [5.41, 5.74) is 4.05. The lowest BCUT2D eigenvalue weighted by molar-refractivity contribution is 0.105. The monoisotopic (exact) mass is 300 g/mol. The Bertz CT molecular complexity index is 500. The number of hydrogen-bond acceptors (Lipinski definition) is 1. The second-order valence-electron chi connectivity index (χ2n) is 8.26. The van der Waals surface area contributed by atoms with E-state index in [1.54, 1.807) is 11.3 Å². The highest BCUT2D eigenvalue weighted by Gasteiger charge is 2.36. The van der Waals surface area contributed by atoms with E-state index in [1.807, 2.05) is 0 Å². The summed E-state index contributed by atoms with van der Waals surface area (Å²) in [6.07, 6.45) is 16.8. The molecule has 3 aliphatic rings. The van der Waals surface area contributed by atoms with Crippen molar-refractivity contribution in [3.05, 3.63) is 23.5 Å². The highest BCUT2D eigenvalue weighted by molar-refractivity contribution is 5.28. The van der Waals surface area contributed by atoms with Crippen LogP contribution >= 0.6 is 0 Å². The van der Waals surface area contributed by atoms with Gasteiger partial charge < -0.3 is 9.47 Å². The van der Waals surface area contributed by atoms with Crippen molar-refractivity contribution in [3.8, 4) is 0 Å². The van der Waals surface area contributed by atoms with E-state index in [9.17, 15) is 0 Å². The van der Waals surface area contributed by atoms with E-state index in [4.69, 9.17) is 0 Å². The maximum atomic E-state index is 2.76. The average Bonchev–Trinajstić information content (AvgIpc) is 3.15. The van der Waals surface area contributed by atoms with Crippen LogP contribution in [0, 0.1) is 5.41 Å². The van der Waals surface area contributed by atoms with E-state index < -0.39 is 0 Å². The van der Waals surface area contributed by atoms with Crippen LogP contribution in [0.5, 0.6) is 0 Å². The SMILES string of the molecule is Cn1ccc2c1CCCC2CCN1CCC2(CCCC2)CC1. The molecule has 0 aromatic carbocycles. The molecule has 0 radical (unpaired) electrons. The Morgan fingerprint density at radius 2 is 1.86 bits per heavy atom. The maximum Gasteiger partial charge on any atom is 0.0206 e. The van der Waals surface area contributed by atoms with Crippen LogP contribution in [0.25, 0.3) is 0 Å². The van der Waals surface area contributed by atoms with E-state index in [0.29, 0.717) is 0 Å². The maximum absolute atomic E-state index is 2.76. The predicted octanol–water partition coefficient (Wildman–Crippen LogP) is 4.49. The fourth-order valence-corrected chi connectivity index (χ4v) is 5.46. The van der Waals surface area contributed by atoms with Gasteiger partial charge in [-0.3, -0.25) is 0 Å². The van der Waals surface area contributed by atoms with Crippen molar-refractivity contribution in [3.63, 3.8) is 0 Å². The first kappa shape index (κ1) is 14.8. The molecule has 2 fully saturated rings. The zero-order valence-electron chi connectivity index (χ0n) is 14.3. The van der Waals surface area contributed by atoms with Crippen molar-refractivity contribution in [2.75, 3.05) is 19.6 Å². The van der Waals surface area contributed by atoms with Gasteiger partial charge in [-0.15, -0.1) is 0 Å². The van der Waals surface area contributed by atoms with Crippen molar-refractivity contribution < 1.29 is 0 Å². The van der Waals surface area contributed by atoms with Gasteiger partial charge in [-0.05, 0) is 94.0 Å². The van der Waals surface area contributed by atoms with E-state index >= 15 is 0 Å². The number of aryl methyl sites for hydroxylation is 1. The molecule has 22 heavy (non-hydrogen) atoms. The number of aromatic nitrogens is 1. The topological polar surface area (TPSA) is 8.17 Å². The van der Waals surface area contributed by atoms with Crippen LogP contribution in [0.1, 0.15) is 75.0 Å². The molecule has 1 atom stereocenters. The third-order valence-corrected chi connectivity index (χ3v) is 7.02. The summed E-state index contributed by atoms with van der Waals surface area (Å²) in [7, 11) is 2.22. The highest BCUT2D eigenvalue weighted by atomic mass is 15.1.